The first-order valence-electron chi connectivity index (χ1n) is 6.75. The minimum atomic E-state index is -0.490. The van der Waals surface area contributed by atoms with Crippen LogP contribution in [0.15, 0.2) is 27.8 Å². The van der Waals surface area contributed by atoms with Gasteiger partial charge < -0.3 is 15.8 Å². The Balaban J connectivity index is 2.25. The Morgan fingerprint density at radius 2 is 2.14 bits per heavy atom. The zero-order valence-electron chi connectivity index (χ0n) is 11.4. The molecule has 114 valence electrons. The minimum absolute atomic E-state index is 0.0344. The SMILES string of the molecule is NC(CN(C(=O)c1ccc(Br)c(F)c1)C1CCCC1)=NO. The first-order chi connectivity index (χ1) is 10.0. The number of carbonyl (C=O) groups is 1. The molecule has 1 aliphatic carbocycles. The second-order valence-corrected chi connectivity index (χ2v) is 5.95. The zero-order valence-corrected chi connectivity index (χ0v) is 13.0. The van der Waals surface area contributed by atoms with Crippen LogP contribution < -0.4 is 5.73 Å². The van der Waals surface area contributed by atoms with Crippen LogP contribution in [0.2, 0.25) is 0 Å². The Morgan fingerprint density at radius 1 is 1.48 bits per heavy atom. The van der Waals surface area contributed by atoms with E-state index in [1.54, 1.807) is 11.0 Å². The summed E-state index contributed by atoms with van der Waals surface area (Å²) >= 11 is 3.06. The fraction of sp³-hybridized carbons (Fsp3) is 0.429. The average molecular weight is 358 g/mol. The molecule has 1 aromatic carbocycles. The summed E-state index contributed by atoms with van der Waals surface area (Å²) in [6.07, 6.45) is 3.84. The van der Waals surface area contributed by atoms with Crippen LogP contribution in [0, 0.1) is 5.82 Å². The lowest BCUT2D eigenvalue weighted by molar-refractivity contribution is 0.0712. The lowest BCUT2D eigenvalue weighted by Crippen LogP contribution is -2.44. The van der Waals surface area contributed by atoms with E-state index in [1.165, 1.54) is 12.1 Å². The summed E-state index contributed by atoms with van der Waals surface area (Å²) in [5.74, 6) is -0.830. The van der Waals surface area contributed by atoms with Gasteiger partial charge in [-0.05, 0) is 47.0 Å². The van der Waals surface area contributed by atoms with E-state index < -0.39 is 5.82 Å². The number of benzene rings is 1. The second-order valence-electron chi connectivity index (χ2n) is 5.09. The van der Waals surface area contributed by atoms with Gasteiger partial charge in [-0.1, -0.05) is 18.0 Å². The molecule has 0 unspecified atom stereocenters. The lowest BCUT2D eigenvalue weighted by Gasteiger charge is -2.28. The van der Waals surface area contributed by atoms with Crippen LogP contribution >= 0.6 is 15.9 Å². The fourth-order valence-corrected chi connectivity index (χ4v) is 2.83. The third-order valence-corrected chi connectivity index (χ3v) is 4.30. The van der Waals surface area contributed by atoms with Gasteiger partial charge in [0.05, 0.1) is 11.0 Å². The first kappa shape index (κ1) is 15.8. The summed E-state index contributed by atoms with van der Waals surface area (Å²) in [5.41, 5.74) is 5.79. The Hall–Kier alpha value is -1.63. The predicted molar refractivity (Wildman–Crippen MR) is 80.8 cm³/mol. The molecular weight excluding hydrogens is 341 g/mol. The fourth-order valence-electron chi connectivity index (χ4n) is 2.58. The Bertz CT molecular complexity index is 559. The van der Waals surface area contributed by atoms with Crippen molar-refractivity contribution < 1.29 is 14.4 Å². The highest BCUT2D eigenvalue weighted by molar-refractivity contribution is 9.10. The standard InChI is InChI=1S/C14H17BrFN3O2/c15-11-6-5-9(7-12(11)16)14(20)19(8-13(17)18-21)10-3-1-2-4-10/h5-7,10,21H,1-4,8H2,(H2,17,18). The molecule has 1 saturated carbocycles. The van der Waals surface area contributed by atoms with Crippen molar-refractivity contribution in [1.29, 1.82) is 0 Å². The van der Waals surface area contributed by atoms with Crippen LogP contribution in [0.25, 0.3) is 0 Å². The minimum Gasteiger partial charge on any atom is -0.409 e. The molecule has 0 atom stereocenters. The molecule has 0 heterocycles. The normalized spacial score (nSPS) is 16.2. The van der Waals surface area contributed by atoms with E-state index in [2.05, 4.69) is 21.1 Å². The van der Waals surface area contributed by atoms with Crippen molar-refractivity contribution in [3.8, 4) is 0 Å². The van der Waals surface area contributed by atoms with Crippen molar-refractivity contribution in [2.45, 2.75) is 31.7 Å². The van der Waals surface area contributed by atoms with Crippen molar-refractivity contribution >= 4 is 27.7 Å². The molecule has 0 bridgehead atoms. The summed E-state index contributed by atoms with van der Waals surface area (Å²) in [7, 11) is 0. The Morgan fingerprint density at radius 3 is 2.71 bits per heavy atom. The topological polar surface area (TPSA) is 78.9 Å². The molecule has 2 rings (SSSR count). The van der Waals surface area contributed by atoms with Gasteiger partial charge in [0.25, 0.3) is 5.91 Å². The third-order valence-electron chi connectivity index (χ3n) is 3.65. The quantitative estimate of drug-likeness (QED) is 0.376. The monoisotopic (exact) mass is 357 g/mol. The number of oxime groups is 1. The Kier molecular flexibility index (Phi) is 5.17. The van der Waals surface area contributed by atoms with Crippen molar-refractivity contribution in [2.24, 2.45) is 10.9 Å². The number of hydrogen-bond acceptors (Lipinski definition) is 3. The zero-order chi connectivity index (χ0) is 15.4. The molecule has 21 heavy (non-hydrogen) atoms. The van der Waals surface area contributed by atoms with E-state index in [0.717, 1.165) is 25.7 Å². The summed E-state index contributed by atoms with van der Waals surface area (Å²) in [6.45, 7) is 0.0394. The van der Waals surface area contributed by atoms with Crippen LogP contribution in [0.3, 0.4) is 0 Å². The molecule has 3 N–H and O–H groups in total. The van der Waals surface area contributed by atoms with Gasteiger partial charge in [-0.2, -0.15) is 0 Å². The van der Waals surface area contributed by atoms with Crippen LogP contribution in [-0.2, 0) is 0 Å². The molecule has 7 heteroatoms. The summed E-state index contributed by atoms with van der Waals surface area (Å²) in [4.78, 5) is 14.2. The number of carbonyl (C=O) groups excluding carboxylic acids is 1. The molecule has 1 aliphatic rings. The number of halogens is 2. The highest BCUT2D eigenvalue weighted by atomic mass is 79.9. The van der Waals surface area contributed by atoms with Gasteiger partial charge in [0.2, 0.25) is 0 Å². The molecule has 5 nitrogen and oxygen atoms in total. The number of amides is 1. The summed E-state index contributed by atoms with van der Waals surface area (Å²) < 4.78 is 13.9. The van der Waals surface area contributed by atoms with E-state index in [0.29, 0.717) is 4.47 Å². The number of rotatable bonds is 4. The van der Waals surface area contributed by atoms with Gasteiger partial charge in [0.15, 0.2) is 5.84 Å². The Labute approximate surface area is 130 Å². The van der Waals surface area contributed by atoms with E-state index in [4.69, 9.17) is 10.9 Å². The van der Waals surface area contributed by atoms with E-state index >= 15 is 0 Å². The molecule has 0 radical (unpaired) electrons. The maximum Gasteiger partial charge on any atom is 0.254 e. The number of nitrogens with two attached hydrogens (primary N) is 1. The van der Waals surface area contributed by atoms with Crippen molar-refractivity contribution in [3.63, 3.8) is 0 Å². The third kappa shape index (κ3) is 3.72. The van der Waals surface area contributed by atoms with Crippen LogP contribution in [0.1, 0.15) is 36.0 Å². The number of hydrogen-bond donors (Lipinski definition) is 2. The maximum atomic E-state index is 13.6. The van der Waals surface area contributed by atoms with E-state index in [-0.39, 0.29) is 29.9 Å². The second kappa shape index (κ2) is 6.89. The van der Waals surface area contributed by atoms with Crippen LogP contribution in [0.4, 0.5) is 4.39 Å². The van der Waals surface area contributed by atoms with Crippen molar-refractivity contribution in [2.75, 3.05) is 6.54 Å². The van der Waals surface area contributed by atoms with Gasteiger partial charge in [0, 0.05) is 11.6 Å². The smallest absolute Gasteiger partial charge is 0.254 e. The number of nitrogens with zero attached hydrogens (tertiary/aromatic N) is 2. The molecule has 1 aromatic rings. The van der Waals surface area contributed by atoms with Gasteiger partial charge in [-0.25, -0.2) is 4.39 Å². The van der Waals surface area contributed by atoms with E-state index in [1.807, 2.05) is 0 Å². The highest BCUT2D eigenvalue weighted by Crippen LogP contribution is 2.25. The first-order valence-corrected chi connectivity index (χ1v) is 7.54. The van der Waals surface area contributed by atoms with Crippen LogP contribution in [-0.4, -0.2) is 34.4 Å². The molecular formula is C14H17BrFN3O2. The van der Waals surface area contributed by atoms with Crippen molar-refractivity contribution in [1.82, 2.24) is 4.90 Å². The van der Waals surface area contributed by atoms with Gasteiger partial charge in [-0.15, -0.1) is 0 Å². The maximum absolute atomic E-state index is 13.6. The lowest BCUT2D eigenvalue weighted by atomic mass is 10.1. The average Bonchev–Trinajstić information content (AvgIpc) is 3.00. The summed E-state index contributed by atoms with van der Waals surface area (Å²) in [5, 5.41) is 11.6. The van der Waals surface area contributed by atoms with E-state index in [9.17, 15) is 9.18 Å². The predicted octanol–water partition coefficient (Wildman–Crippen LogP) is 2.72. The molecule has 0 spiro atoms. The highest BCUT2D eigenvalue weighted by Gasteiger charge is 2.28. The number of amidine groups is 1. The molecule has 0 aromatic heterocycles. The summed E-state index contributed by atoms with van der Waals surface area (Å²) in [6, 6.07) is 4.30. The van der Waals surface area contributed by atoms with Gasteiger partial charge in [0.1, 0.15) is 5.82 Å². The molecule has 0 aliphatic heterocycles. The van der Waals surface area contributed by atoms with Gasteiger partial charge >= 0.3 is 0 Å². The largest absolute Gasteiger partial charge is 0.409 e. The molecule has 1 amide bonds. The van der Waals surface area contributed by atoms with Gasteiger partial charge in [-0.3, -0.25) is 4.79 Å². The molecule has 0 saturated heterocycles. The van der Waals surface area contributed by atoms with Crippen LogP contribution in [0.5, 0.6) is 0 Å². The van der Waals surface area contributed by atoms with Crippen molar-refractivity contribution in [3.05, 3.63) is 34.1 Å². The molecule has 1 fully saturated rings.